The van der Waals surface area contributed by atoms with E-state index in [0.717, 1.165) is 12.1 Å². The van der Waals surface area contributed by atoms with Gasteiger partial charge in [-0.05, 0) is 74.4 Å². The molecular formula is C23H22ClF4N3OS. The molecule has 3 aromatic rings. The van der Waals surface area contributed by atoms with Crippen molar-refractivity contribution in [2.75, 3.05) is 0 Å². The van der Waals surface area contributed by atoms with E-state index in [-0.39, 0.29) is 17.7 Å². The molecule has 0 bridgehead atoms. The molecule has 10 heteroatoms. The Labute approximate surface area is 197 Å². The van der Waals surface area contributed by atoms with E-state index < -0.39 is 39.2 Å². The average Bonchev–Trinajstić information content (AvgIpc) is 2.72. The smallest absolute Gasteiger partial charge is 0.416 e. The lowest BCUT2D eigenvalue weighted by atomic mass is 9.81. The summed E-state index contributed by atoms with van der Waals surface area (Å²) in [5, 5.41) is 0.309. The predicted molar refractivity (Wildman–Crippen MR) is 120 cm³/mol. The molecule has 0 aliphatic carbocycles. The number of pyridine rings is 2. The summed E-state index contributed by atoms with van der Waals surface area (Å²) in [7, 11) is 0. The fourth-order valence-corrected chi connectivity index (χ4v) is 4.26. The first kappa shape index (κ1) is 25.4. The van der Waals surface area contributed by atoms with Crippen LogP contribution in [0.25, 0.3) is 0 Å². The second-order valence-electron chi connectivity index (χ2n) is 8.51. The van der Waals surface area contributed by atoms with Gasteiger partial charge in [-0.3, -0.25) is 9.97 Å². The molecule has 0 saturated carbocycles. The maximum Gasteiger partial charge on any atom is 0.416 e. The van der Waals surface area contributed by atoms with Crippen LogP contribution in [0.1, 0.15) is 43.2 Å². The maximum absolute atomic E-state index is 14.5. The van der Waals surface area contributed by atoms with Crippen LogP contribution >= 0.6 is 11.6 Å². The summed E-state index contributed by atoms with van der Waals surface area (Å²) in [5.74, 6) is -1.07. The van der Waals surface area contributed by atoms with Crippen LogP contribution < -0.4 is 4.72 Å². The minimum atomic E-state index is -4.78. The van der Waals surface area contributed by atoms with Crippen molar-refractivity contribution in [3.05, 3.63) is 94.3 Å². The number of aromatic nitrogens is 2. The zero-order valence-corrected chi connectivity index (χ0v) is 19.7. The standard InChI is InChI=1S/C23H22ClF4N3OS/c1-21(2,3)33(32)31-22(13-15-6-8-29-9-7-15,20-5-4-18(24)14-30-20)16-10-17(23(26,27)28)12-19(25)11-16/h4-12,14,31H,13H2,1-3H3/t22-,33-/m0/s1. The van der Waals surface area contributed by atoms with E-state index in [9.17, 15) is 22.1 Å². The molecule has 0 spiro atoms. The molecule has 0 radical (unpaired) electrons. The van der Waals surface area contributed by atoms with E-state index in [4.69, 9.17) is 11.6 Å². The third-order valence-electron chi connectivity index (χ3n) is 4.92. The summed E-state index contributed by atoms with van der Waals surface area (Å²) >= 11 is 4.23. The van der Waals surface area contributed by atoms with Crippen LogP contribution in [-0.2, 0) is 29.5 Å². The van der Waals surface area contributed by atoms with Gasteiger partial charge in [-0.2, -0.15) is 13.2 Å². The van der Waals surface area contributed by atoms with Crippen molar-refractivity contribution in [3.63, 3.8) is 0 Å². The average molecular weight is 500 g/mol. The van der Waals surface area contributed by atoms with Crippen molar-refractivity contribution < 1.29 is 22.1 Å². The first-order chi connectivity index (χ1) is 15.3. The molecule has 3 rings (SSSR count). The summed E-state index contributed by atoms with van der Waals surface area (Å²) in [6, 6.07) is 8.68. The van der Waals surface area contributed by atoms with Crippen molar-refractivity contribution in [1.82, 2.24) is 14.7 Å². The zero-order valence-electron chi connectivity index (χ0n) is 18.1. The molecule has 176 valence electrons. The van der Waals surface area contributed by atoms with Crippen LogP contribution in [0.5, 0.6) is 0 Å². The number of benzene rings is 1. The van der Waals surface area contributed by atoms with Crippen molar-refractivity contribution in [2.24, 2.45) is 0 Å². The van der Waals surface area contributed by atoms with Gasteiger partial charge in [0, 0.05) is 36.4 Å². The summed E-state index contributed by atoms with van der Waals surface area (Å²) in [5.41, 5.74) is -1.90. The van der Waals surface area contributed by atoms with Gasteiger partial charge in [-0.15, -0.1) is 4.72 Å². The molecule has 0 saturated heterocycles. The fraction of sp³-hybridized carbons (Fsp3) is 0.304. The molecule has 0 amide bonds. The normalized spacial score (nSPS) is 15.2. The van der Waals surface area contributed by atoms with Gasteiger partial charge < -0.3 is 4.55 Å². The molecule has 33 heavy (non-hydrogen) atoms. The molecule has 4 nitrogen and oxygen atoms in total. The Morgan fingerprint density at radius 3 is 2.18 bits per heavy atom. The van der Waals surface area contributed by atoms with Gasteiger partial charge in [-0.25, -0.2) is 4.39 Å². The van der Waals surface area contributed by atoms with Gasteiger partial charge >= 0.3 is 6.18 Å². The number of hydrogen-bond donors (Lipinski definition) is 1. The van der Waals surface area contributed by atoms with Crippen molar-refractivity contribution in [3.8, 4) is 0 Å². The molecule has 2 aromatic heterocycles. The molecule has 0 fully saturated rings. The van der Waals surface area contributed by atoms with Crippen molar-refractivity contribution in [2.45, 2.75) is 43.7 Å². The third-order valence-corrected chi connectivity index (χ3v) is 6.79. The Bertz CT molecular complexity index is 1090. The Morgan fingerprint density at radius 2 is 1.64 bits per heavy atom. The second-order valence-corrected chi connectivity index (χ2v) is 10.9. The van der Waals surface area contributed by atoms with Crippen LogP contribution in [0.15, 0.2) is 61.1 Å². The van der Waals surface area contributed by atoms with Gasteiger partial charge in [0.15, 0.2) is 0 Å². The Morgan fingerprint density at radius 1 is 1.00 bits per heavy atom. The SMILES string of the molecule is CC(C)(C)[S@+]([O-])N[C@@](Cc1ccncc1)(c1cc(F)cc(C(F)(F)F)c1)c1ccc(Cl)cn1. The predicted octanol–water partition coefficient (Wildman–Crippen LogP) is 5.83. The lowest BCUT2D eigenvalue weighted by Crippen LogP contribution is -2.53. The van der Waals surface area contributed by atoms with Crippen LogP contribution in [0.3, 0.4) is 0 Å². The number of hydrogen-bond acceptors (Lipinski definition) is 4. The molecule has 2 atom stereocenters. The number of halogens is 5. The van der Waals surface area contributed by atoms with Gasteiger partial charge in [0.2, 0.25) is 0 Å². The van der Waals surface area contributed by atoms with Crippen molar-refractivity contribution >= 4 is 23.0 Å². The minimum Gasteiger partial charge on any atom is -0.598 e. The van der Waals surface area contributed by atoms with E-state index in [2.05, 4.69) is 14.7 Å². The maximum atomic E-state index is 14.5. The van der Waals surface area contributed by atoms with E-state index in [1.54, 1.807) is 32.9 Å². The topological polar surface area (TPSA) is 60.9 Å². The van der Waals surface area contributed by atoms with Crippen LogP contribution in [0.4, 0.5) is 17.6 Å². The van der Waals surface area contributed by atoms with Gasteiger partial charge in [0.1, 0.15) is 16.1 Å². The Balaban J connectivity index is 2.33. The quantitative estimate of drug-likeness (QED) is 0.342. The van der Waals surface area contributed by atoms with Crippen LogP contribution in [0.2, 0.25) is 5.02 Å². The summed E-state index contributed by atoms with van der Waals surface area (Å²) < 4.78 is 70.7. The second kappa shape index (κ2) is 9.58. The lowest BCUT2D eigenvalue weighted by Gasteiger charge is -2.38. The third kappa shape index (κ3) is 6.03. The highest BCUT2D eigenvalue weighted by Gasteiger charge is 2.45. The van der Waals surface area contributed by atoms with Crippen molar-refractivity contribution in [1.29, 1.82) is 0 Å². The van der Waals surface area contributed by atoms with Gasteiger partial charge in [-0.1, -0.05) is 11.6 Å². The highest BCUT2D eigenvalue weighted by Crippen LogP contribution is 2.39. The highest BCUT2D eigenvalue weighted by atomic mass is 35.5. The first-order valence-corrected chi connectivity index (χ1v) is 11.4. The largest absolute Gasteiger partial charge is 0.598 e. The molecule has 0 aliphatic rings. The number of rotatable bonds is 6. The highest BCUT2D eigenvalue weighted by molar-refractivity contribution is 7.90. The molecule has 1 N–H and O–H groups in total. The fourth-order valence-electron chi connectivity index (χ4n) is 3.23. The number of nitrogens with zero attached hydrogens (tertiary/aromatic N) is 2. The molecule has 1 aromatic carbocycles. The van der Waals surface area contributed by atoms with Gasteiger partial charge in [0.05, 0.1) is 16.3 Å². The molecule has 0 unspecified atom stereocenters. The van der Waals surface area contributed by atoms with E-state index in [1.807, 2.05) is 0 Å². The molecule has 0 aliphatic heterocycles. The molecule has 2 heterocycles. The minimum absolute atomic E-state index is 0.0206. The number of nitrogens with one attached hydrogen (secondary N) is 1. The summed E-state index contributed by atoms with van der Waals surface area (Å²) in [6.07, 6.45) is -0.363. The van der Waals surface area contributed by atoms with Crippen LogP contribution in [-0.4, -0.2) is 19.3 Å². The summed E-state index contributed by atoms with van der Waals surface area (Å²) in [4.78, 5) is 8.30. The van der Waals surface area contributed by atoms with Crippen LogP contribution in [0, 0.1) is 5.82 Å². The number of alkyl halides is 3. The Hall–Kier alpha value is -2.20. The first-order valence-electron chi connectivity index (χ1n) is 9.90. The Kier molecular flexibility index (Phi) is 7.38. The van der Waals surface area contributed by atoms with E-state index in [0.29, 0.717) is 16.7 Å². The zero-order chi connectivity index (χ0) is 24.4. The van der Waals surface area contributed by atoms with Gasteiger partial charge in [0.25, 0.3) is 0 Å². The summed E-state index contributed by atoms with van der Waals surface area (Å²) in [6.45, 7) is 5.15. The van der Waals surface area contributed by atoms with E-state index >= 15 is 0 Å². The lowest BCUT2D eigenvalue weighted by molar-refractivity contribution is -0.137. The van der Waals surface area contributed by atoms with E-state index in [1.165, 1.54) is 30.7 Å². The monoisotopic (exact) mass is 499 g/mol. The molecular weight excluding hydrogens is 478 g/mol.